The van der Waals surface area contributed by atoms with Crippen LogP contribution in [0.4, 0.5) is 0 Å². The minimum atomic E-state index is -3.58. The number of nitriles is 1. The van der Waals surface area contributed by atoms with Gasteiger partial charge in [0.25, 0.3) is 5.91 Å². The van der Waals surface area contributed by atoms with Crippen molar-refractivity contribution in [1.29, 1.82) is 5.26 Å². The molecule has 1 N–H and O–H groups in total. The number of rotatable bonds is 7. The standard InChI is InChI=1S/C23H28N4O3S/c1-3-18(2)25-31(29,30)22-10-8-21(9-11-22)23(28)27-14-12-26(13-15-27)17-20-6-4-19(16-24)5-7-20/h4-11,18,25H,3,12-15,17H2,1-2H3. The molecule has 1 aliphatic rings. The molecular formula is C23H28N4O3S. The smallest absolute Gasteiger partial charge is 0.253 e. The van der Waals surface area contributed by atoms with Gasteiger partial charge >= 0.3 is 0 Å². The van der Waals surface area contributed by atoms with E-state index in [0.717, 1.165) is 25.2 Å². The molecule has 1 amide bonds. The van der Waals surface area contributed by atoms with E-state index in [2.05, 4.69) is 15.7 Å². The fraction of sp³-hybridized carbons (Fsp3) is 0.391. The quantitative estimate of drug-likeness (QED) is 0.714. The maximum atomic E-state index is 12.8. The van der Waals surface area contributed by atoms with Gasteiger partial charge in [0.2, 0.25) is 10.0 Å². The lowest BCUT2D eigenvalue weighted by atomic mass is 10.1. The first-order valence-electron chi connectivity index (χ1n) is 10.5. The monoisotopic (exact) mass is 440 g/mol. The van der Waals surface area contributed by atoms with Gasteiger partial charge in [0.05, 0.1) is 16.5 Å². The SMILES string of the molecule is CCC(C)NS(=O)(=O)c1ccc(C(=O)N2CCN(Cc3ccc(C#N)cc3)CC2)cc1. The van der Waals surface area contributed by atoms with E-state index in [0.29, 0.717) is 30.6 Å². The molecule has 0 radical (unpaired) electrons. The Labute approximate surface area is 184 Å². The highest BCUT2D eigenvalue weighted by Crippen LogP contribution is 2.15. The van der Waals surface area contributed by atoms with Crippen LogP contribution in [0.25, 0.3) is 0 Å². The lowest BCUT2D eigenvalue weighted by Gasteiger charge is -2.34. The normalized spacial score (nSPS) is 16.0. The van der Waals surface area contributed by atoms with Gasteiger partial charge in [-0.05, 0) is 55.3 Å². The number of nitrogens with zero attached hydrogens (tertiary/aromatic N) is 3. The van der Waals surface area contributed by atoms with Gasteiger partial charge in [0.1, 0.15) is 0 Å². The Morgan fingerprint density at radius 1 is 1.06 bits per heavy atom. The van der Waals surface area contributed by atoms with Gasteiger partial charge in [-0.1, -0.05) is 19.1 Å². The zero-order chi connectivity index (χ0) is 22.4. The highest BCUT2D eigenvalue weighted by molar-refractivity contribution is 7.89. The number of hydrogen-bond donors (Lipinski definition) is 1. The van der Waals surface area contributed by atoms with Crippen LogP contribution >= 0.6 is 0 Å². The molecule has 8 heteroatoms. The Bertz CT molecular complexity index is 1040. The molecule has 1 heterocycles. The van der Waals surface area contributed by atoms with E-state index in [1.54, 1.807) is 17.0 Å². The molecule has 2 aromatic carbocycles. The topological polar surface area (TPSA) is 93.5 Å². The van der Waals surface area contributed by atoms with Crippen molar-refractivity contribution >= 4 is 15.9 Å². The lowest BCUT2D eigenvalue weighted by molar-refractivity contribution is 0.0628. The van der Waals surface area contributed by atoms with Gasteiger partial charge < -0.3 is 4.90 Å². The molecule has 1 saturated heterocycles. The third-order valence-corrected chi connectivity index (χ3v) is 7.13. The number of carbonyl (C=O) groups is 1. The first-order chi connectivity index (χ1) is 14.8. The van der Waals surface area contributed by atoms with Crippen molar-refractivity contribution < 1.29 is 13.2 Å². The molecule has 1 unspecified atom stereocenters. The van der Waals surface area contributed by atoms with Gasteiger partial charge in [-0.15, -0.1) is 0 Å². The zero-order valence-electron chi connectivity index (χ0n) is 17.9. The number of piperazine rings is 1. The molecule has 7 nitrogen and oxygen atoms in total. The number of nitrogens with one attached hydrogen (secondary N) is 1. The Balaban J connectivity index is 1.56. The Morgan fingerprint density at radius 2 is 1.68 bits per heavy atom. The highest BCUT2D eigenvalue weighted by atomic mass is 32.2. The summed E-state index contributed by atoms with van der Waals surface area (Å²) in [7, 11) is -3.58. The Kier molecular flexibility index (Phi) is 7.44. The summed E-state index contributed by atoms with van der Waals surface area (Å²) in [5.41, 5.74) is 2.28. The van der Waals surface area contributed by atoms with Gasteiger partial charge in [0, 0.05) is 44.3 Å². The molecule has 3 rings (SSSR count). The molecular weight excluding hydrogens is 412 g/mol. The molecule has 1 atom stereocenters. The lowest BCUT2D eigenvalue weighted by Crippen LogP contribution is -2.48. The minimum absolute atomic E-state index is 0.0862. The van der Waals surface area contributed by atoms with Gasteiger partial charge in [-0.25, -0.2) is 13.1 Å². The van der Waals surface area contributed by atoms with Crippen LogP contribution in [0.2, 0.25) is 0 Å². The maximum absolute atomic E-state index is 12.8. The molecule has 0 spiro atoms. The number of benzene rings is 2. The first kappa shape index (κ1) is 22.9. The number of carbonyl (C=O) groups excluding carboxylic acids is 1. The second-order valence-corrected chi connectivity index (χ2v) is 9.55. The van der Waals surface area contributed by atoms with Gasteiger partial charge in [-0.2, -0.15) is 5.26 Å². The summed E-state index contributed by atoms with van der Waals surface area (Å²) in [6.45, 7) is 7.27. The summed E-state index contributed by atoms with van der Waals surface area (Å²) in [6, 6.07) is 15.7. The predicted octanol–water partition coefficient (Wildman–Crippen LogP) is 2.59. The molecule has 164 valence electrons. The van der Waals surface area contributed by atoms with E-state index in [1.807, 2.05) is 38.1 Å². The predicted molar refractivity (Wildman–Crippen MR) is 119 cm³/mol. The van der Waals surface area contributed by atoms with Crippen LogP contribution in [0.1, 0.15) is 41.8 Å². The summed E-state index contributed by atoms with van der Waals surface area (Å²) < 4.78 is 27.4. The molecule has 2 aromatic rings. The van der Waals surface area contributed by atoms with E-state index >= 15 is 0 Å². The van der Waals surface area contributed by atoms with E-state index in [4.69, 9.17) is 5.26 Å². The molecule has 0 aromatic heterocycles. The average molecular weight is 441 g/mol. The fourth-order valence-electron chi connectivity index (χ4n) is 3.43. The second kappa shape index (κ2) is 10.1. The van der Waals surface area contributed by atoms with Crippen LogP contribution < -0.4 is 4.72 Å². The third kappa shape index (κ3) is 5.91. The summed E-state index contributed by atoms with van der Waals surface area (Å²) in [4.78, 5) is 17.1. The second-order valence-electron chi connectivity index (χ2n) is 7.83. The van der Waals surface area contributed by atoms with Crippen molar-refractivity contribution in [3.05, 3.63) is 65.2 Å². The summed E-state index contributed by atoms with van der Waals surface area (Å²) in [5.74, 6) is -0.0862. The van der Waals surface area contributed by atoms with Gasteiger partial charge in [0.15, 0.2) is 0 Å². The zero-order valence-corrected chi connectivity index (χ0v) is 18.7. The van der Waals surface area contributed by atoms with E-state index in [9.17, 15) is 13.2 Å². The van der Waals surface area contributed by atoms with Crippen molar-refractivity contribution in [1.82, 2.24) is 14.5 Å². The molecule has 0 aliphatic carbocycles. The Hall–Kier alpha value is -2.73. The van der Waals surface area contributed by atoms with Crippen molar-refractivity contribution in [2.24, 2.45) is 0 Å². The first-order valence-corrected chi connectivity index (χ1v) is 11.9. The number of sulfonamides is 1. The molecule has 0 bridgehead atoms. The van der Waals surface area contributed by atoms with Crippen molar-refractivity contribution in [2.45, 2.75) is 37.8 Å². The van der Waals surface area contributed by atoms with Crippen molar-refractivity contribution in [2.75, 3.05) is 26.2 Å². The van der Waals surface area contributed by atoms with Gasteiger partial charge in [-0.3, -0.25) is 9.69 Å². The Morgan fingerprint density at radius 3 is 2.23 bits per heavy atom. The summed E-state index contributed by atoms with van der Waals surface area (Å²) in [5, 5.41) is 8.89. The maximum Gasteiger partial charge on any atom is 0.253 e. The average Bonchev–Trinajstić information content (AvgIpc) is 2.79. The van der Waals surface area contributed by atoms with E-state index in [1.165, 1.54) is 12.1 Å². The number of hydrogen-bond acceptors (Lipinski definition) is 5. The highest BCUT2D eigenvalue weighted by Gasteiger charge is 2.23. The molecule has 0 saturated carbocycles. The van der Waals surface area contributed by atoms with Crippen molar-refractivity contribution in [3.8, 4) is 6.07 Å². The molecule has 31 heavy (non-hydrogen) atoms. The van der Waals surface area contributed by atoms with Crippen LogP contribution in [0.3, 0.4) is 0 Å². The van der Waals surface area contributed by atoms with Crippen LogP contribution in [0, 0.1) is 11.3 Å². The van der Waals surface area contributed by atoms with E-state index in [-0.39, 0.29) is 16.8 Å². The fourth-order valence-corrected chi connectivity index (χ4v) is 4.75. The van der Waals surface area contributed by atoms with Crippen LogP contribution in [0.15, 0.2) is 53.4 Å². The summed E-state index contributed by atoms with van der Waals surface area (Å²) >= 11 is 0. The van der Waals surface area contributed by atoms with E-state index < -0.39 is 10.0 Å². The largest absolute Gasteiger partial charge is 0.336 e. The van der Waals surface area contributed by atoms with Crippen LogP contribution in [-0.2, 0) is 16.6 Å². The number of amides is 1. The minimum Gasteiger partial charge on any atom is -0.336 e. The van der Waals surface area contributed by atoms with Crippen LogP contribution in [0.5, 0.6) is 0 Å². The van der Waals surface area contributed by atoms with Crippen LogP contribution in [-0.4, -0.2) is 56.3 Å². The molecule has 1 aliphatic heterocycles. The molecule has 1 fully saturated rings. The summed E-state index contributed by atoms with van der Waals surface area (Å²) in [6.07, 6.45) is 0.701. The van der Waals surface area contributed by atoms with Crippen molar-refractivity contribution in [3.63, 3.8) is 0 Å². The third-order valence-electron chi connectivity index (χ3n) is 5.53.